The number of rotatable bonds is 5. The van der Waals surface area contributed by atoms with Gasteiger partial charge in [0.1, 0.15) is 0 Å². The summed E-state index contributed by atoms with van der Waals surface area (Å²) >= 11 is 5.98. The first-order chi connectivity index (χ1) is 7.54. The van der Waals surface area contributed by atoms with Crippen LogP contribution in [0.1, 0.15) is 11.1 Å². The lowest BCUT2D eigenvalue weighted by Crippen LogP contribution is -2.11. The SMILES string of the molecule is COCC(Cl)Cc1ccc(C)cc1[N+](=O)[O-]. The lowest BCUT2D eigenvalue weighted by Gasteiger charge is -2.08. The number of nitro benzene ring substituents is 1. The maximum Gasteiger partial charge on any atom is 0.272 e. The number of nitrogens with zero attached hydrogens (tertiary/aromatic N) is 1. The fourth-order valence-corrected chi connectivity index (χ4v) is 1.79. The Bertz CT molecular complexity index is 381. The molecule has 0 aromatic heterocycles. The lowest BCUT2D eigenvalue weighted by atomic mass is 10.1. The maximum atomic E-state index is 10.8. The van der Waals surface area contributed by atoms with Gasteiger partial charge in [-0.05, 0) is 18.9 Å². The molecule has 0 radical (unpaired) electrons. The van der Waals surface area contributed by atoms with Crippen LogP contribution >= 0.6 is 11.6 Å². The van der Waals surface area contributed by atoms with Gasteiger partial charge in [-0.25, -0.2) is 0 Å². The van der Waals surface area contributed by atoms with Crippen molar-refractivity contribution in [3.8, 4) is 0 Å². The van der Waals surface area contributed by atoms with Crippen LogP contribution < -0.4 is 0 Å². The molecule has 88 valence electrons. The minimum absolute atomic E-state index is 0.127. The van der Waals surface area contributed by atoms with Crippen LogP contribution in [-0.4, -0.2) is 24.0 Å². The fourth-order valence-electron chi connectivity index (χ4n) is 1.49. The molecule has 1 rings (SSSR count). The Kier molecular flexibility index (Phi) is 4.71. The summed E-state index contributed by atoms with van der Waals surface area (Å²) in [6, 6.07) is 5.16. The molecule has 16 heavy (non-hydrogen) atoms. The summed E-state index contributed by atoms with van der Waals surface area (Å²) in [7, 11) is 1.55. The Balaban J connectivity index is 2.90. The van der Waals surface area contributed by atoms with Crippen LogP contribution in [0.4, 0.5) is 5.69 Å². The highest BCUT2D eigenvalue weighted by Gasteiger charge is 2.16. The topological polar surface area (TPSA) is 52.4 Å². The Morgan fingerprint density at radius 2 is 2.25 bits per heavy atom. The van der Waals surface area contributed by atoms with Gasteiger partial charge in [0.25, 0.3) is 5.69 Å². The molecule has 1 aromatic rings. The molecule has 0 saturated heterocycles. The third kappa shape index (κ3) is 3.47. The summed E-state index contributed by atoms with van der Waals surface area (Å²) in [5, 5.41) is 10.6. The zero-order valence-corrected chi connectivity index (χ0v) is 10.0. The zero-order valence-electron chi connectivity index (χ0n) is 9.27. The highest BCUT2D eigenvalue weighted by molar-refractivity contribution is 6.20. The molecule has 0 saturated carbocycles. The molecule has 0 heterocycles. The van der Waals surface area contributed by atoms with Crippen molar-refractivity contribution in [2.24, 2.45) is 0 Å². The third-order valence-electron chi connectivity index (χ3n) is 2.23. The van der Waals surface area contributed by atoms with Crippen LogP contribution in [0.3, 0.4) is 0 Å². The molecule has 0 aliphatic rings. The molecule has 0 aliphatic carbocycles. The van der Waals surface area contributed by atoms with Crippen LogP contribution in [0.25, 0.3) is 0 Å². The molecule has 5 heteroatoms. The highest BCUT2D eigenvalue weighted by Crippen LogP contribution is 2.22. The second-order valence-electron chi connectivity index (χ2n) is 3.65. The van der Waals surface area contributed by atoms with Crippen molar-refractivity contribution >= 4 is 17.3 Å². The van der Waals surface area contributed by atoms with Gasteiger partial charge in [-0.2, -0.15) is 0 Å². The van der Waals surface area contributed by atoms with Crippen molar-refractivity contribution in [2.75, 3.05) is 13.7 Å². The van der Waals surface area contributed by atoms with Crippen LogP contribution in [0.5, 0.6) is 0 Å². The fraction of sp³-hybridized carbons (Fsp3) is 0.455. The van der Waals surface area contributed by atoms with E-state index >= 15 is 0 Å². The van der Waals surface area contributed by atoms with Gasteiger partial charge in [0.15, 0.2) is 0 Å². The summed E-state index contributed by atoms with van der Waals surface area (Å²) < 4.78 is 4.90. The van der Waals surface area contributed by atoms with Gasteiger partial charge in [0, 0.05) is 18.7 Å². The quantitative estimate of drug-likeness (QED) is 0.454. The van der Waals surface area contributed by atoms with Crippen LogP contribution in [0, 0.1) is 17.0 Å². The average molecular weight is 244 g/mol. The number of hydrogen-bond donors (Lipinski definition) is 0. The Morgan fingerprint density at radius 1 is 1.56 bits per heavy atom. The predicted octanol–water partition coefficient (Wildman–Crippen LogP) is 2.70. The Morgan fingerprint density at radius 3 is 2.81 bits per heavy atom. The number of ether oxygens (including phenoxy) is 1. The maximum absolute atomic E-state index is 10.8. The number of halogens is 1. The smallest absolute Gasteiger partial charge is 0.272 e. The van der Waals surface area contributed by atoms with Gasteiger partial charge >= 0.3 is 0 Å². The Hall–Kier alpha value is -1.13. The average Bonchev–Trinajstić information content (AvgIpc) is 2.20. The van der Waals surface area contributed by atoms with E-state index in [1.54, 1.807) is 19.2 Å². The monoisotopic (exact) mass is 243 g/mol. The first kappa shape index (κ1) is 12.9. The van der Waals surface area contributed by atoms with E-state index in [0.29, 0.717) is 18.6 Å². The van der Waals surface area contributed by atoms with Gasteiger partial charge in [0.05, 0.1) is 16.9 Å². The third-order valence-corrected chi connectivity index (χ3v) is 2.51. The molecule has 1 aromatic carbocycles. The molecule has 0 N–H and O–H groups in total. The van der Waals surface area contributed by atoms with Gasteiger partial charge in [-0.15, -0.1) is 11.6 Å². The van der Waals surface area contributed by atoms with Crippen molar-refractivity contribution in [3.63, 3.8) is 0 Å². The van der Waals surface area contributed by atoms with Crippen molar-refractivity contribution < 1.29 is 9.66 Å². The molecule has 0 fully saturated rings. The van der Waals surface area contributed by atoms with Gasteiger partial charge in [-0.3, -0.25) is 10.1 Å². The number of aryl methyl sites for hydroxylation is 1. The molecule has 0 amide bonds. The van der Waals surface area contributed by atoms with Gasteiger partial charge in [0.2, 0.25) is 0 Å². The van der Waals surface area contributed by atoms with Crippen LogP contribution in [-0.2, 0) is 11.2 Å². The van der Waals surface area contributed by atoms with E-state index in [4.69, 9.17) is 16.3 Å². The zero-order chi connectivity index (χ0) is 12.1. The molecule has 0 aliphatic heterocycles. The van der Waals surface area contributed by atoms with Crippen molar-refractivity contribution in [1.82, 2.24) is 0 Å². The number of hydrogen-bond acceptors (Lipinski definition) is 3. The summed E-state index contributed by atoms with van der Waals surface area (Å²) in [6.45, 7) is 2.21. The van der Waals surface area contributed by atoms with E-state index < -0.39 is 0 Å². The number of benzene rings is 1. The van der Waals surface area contributed by atoms with Gasteiger partial charge in [-0.1, -0.05) is 12.1 Å². The molecule has 0 bridgehead atoms. The first-order valence-corrected chi connectivity index (χ1v) is 5.35. The highest BCUT2D eigenvalue weighted by atomic mass is 35.5. The summed E-state index contributed by atoms with van der Waals surface area (Å²) in [6.07, 6.45) is 0.436. The first-order valence-electron chi connectivity index (χ1n) is 4.91. The summed E-state index contributed by atoms with van der Waals surface area (Å²) in [5.41, 5.74) is 1.64. The lowest BCUT2D eigenvalue weighted by molar-refractivity contribution is -0.385. The second kappa shape index (κ2) is 5.82. The van der Waals surface area contributed by atoms with Crippen LogP contribution in [0.2, 0.25) is 0 Å². The number of methoxy groups -OCH3 is 1. The molecular weight excluding hydrogens is 230 g/mol. The largest absolute Gasteiger partial charge is 0.383 e. The molecule has 1 unspecified atom stereocenters. The van der Waals surface area contributed by atoms with Crippen LogP contribution in [0.15, 0.2) is 18.2 Å². The summed E-state index contributed by atoms with van der Waals surface area (Å²) in [5.74, 6) is 0. The minimum atomic E-state index is -0.376. The molecular formula is C11H14ClNO3. The molecule has 4 nitrogen and oxygen atoms in total. The molecule has 1 atom stereocenters. The van der Waals surface area contributed by atoms with E-state index in [1.807, 2.05) is 13.0 Å². The van der Waals surface area contributed by atoms with E-state index in [9.17, 15) is 10.1 Å². The van der Waals surface area contributed by atoms with E-state index in [2.05, 4.69) is 0 Å². The van der Waals surface area contributed by atoms with Crippen molar-refractivity contribution in [2.45, 2.75) is 18.7 Å². The van der Waals surface area contributed by atoms with Gasteiger partial charge < -0.3 is 4.74 Å². The van der Waals surface area contributed by atoms with E-state index in [0.717, 1.165) is 5.56 Å². The normalized spacial score (nSPS) is 12.4. The van der Waals surface area contributed by atoms with Crippen molar-refractivity contribution in [1.29, 1.82) is 0 Å². The Labute approximate surface area is 99.3 Å². The summed E-state index contributed by atoms with van der Waals surface area (Å²) in [4.78, 5) is 10.5. The van der Waals surface area contributed by atoms with E-state index in [-0.39, 0.29) is 16.0 Å². The number of nitro groups is 1. The minimum Gasteiger partial charge on any atom is -0.383 e. The number of alkyl halides is 1. The van der Waals surface area contributed by atoms with E-state index in [1.165, 1.54) is 0 Å². The standard InChI is InChI=1S/C11H14ClNO3/c1-8-3-4-9(6-10(12)7-16-2)11(5-8)13(14)15/h3-5,10H,6-7H2,1-2H3. The molecule has 0 spiro atoms. The second-order valence-corrected chi connectivity index (χ2v) is 4.26. The van der Waals surface area contributed by atoms with Crippen molar-refractivity contribution in [3.05, 3.63) is 39.4 Å². The predicted molar refractivity (Wildman–Crippen MR) is 63.1 cm³/mol.